The van der Waals surface area contributed by atoms with E-state index in [9.17, 15) is 4.91 Å². The summed E-state index contributed by atoms with van der Waals surface area (Å²) in [4.78, 5) is 9.35. The van der Waals surface area contributed by atoms with Gasteiger partial charge in [0.2, 0.25) is 0 Å². The highest BCUT2D eigenvalue weighted by molar-refractivity contribution is 4.34. The zero-order valence-corrected chi connectivity index (χ0v) is 4.39. The van der Waals surface area contributed by atoms with Crippen LogP contribution in [-0.2, 0) is 4.74 Å². The highest BCUT2D eigenvalue weighted by atomic mass is 16.5. The molecule has 3 nitrogen and oxygen atoms in total. The lowest BCUT2D eigenvalue weighted by molar-refractivity contribution is 0.155. The van der Waals surface area contributed by atoms with E-state index in [0.717, 1.165) is 0 Å². The number of hydrogen-bond donors (Lipinski definition) is 0. The average Bonchev–Trinajstić information content (AvgIpc) is 1.69. The predicted octanol–water partition coefficient (Wildman–Crippen LogP) is 0.789. The van der Waals surface area contributed by atoms with E-state index < -0.39 is 0 Å². The van der Waals surface area contributed by atoms with Gasteiger partial charge in [-0.15, -0.1) is 0 Å². The molecule has 0 aliphatic heterocycles. The van der Waals surface area contributed by atoms with Gasteiger partial charge in [-0.3, -0.25) is 0 Å². The van der Waals surface area contributed by atoms with Gasteiger partial charge in [-0.2, -0.15) is 4.91 Å². The lowest BCUT2D eigenvalue weighted by Crippen LogP contribution is -1.95. The van der Waals surface area contributed by atoms with Gasteiger partial charge in [-0.05, 0) is 6.92 Å². The standard InChI is InChI=1S/C4H9NO2/c1-2-7-4-3-5-6/h2-4H2,1H3. The molecule has 0 aromatic carbocycles. The van der Waals surface area contributed by atoms with E-state index in [0.29, 0.717) is 13.2 Å². The van der Waals surface area contributed by atoms with Crippen LogP contribution < -0.4 is 0 Å². The molecular weight excluding hydrogens is 94.0 g/mol. The summed E-state index contributed by atoms with van der Waals surface area (Å²) in [7, 11) is 0. The lowest BCUT2D eigenvalue weighted by atomic mass is 10.7. The molecule has 0 amide bonds. The number of nitroso groups, excluding NO2 is 1. The van der Waals surface area contributed by atoms with Gasteiger partial charge in [-0.1, -0.05) is 5.18 Å². The molecule has 0 saturated heterocycles. The van der Waals surface area contributed by atoms with Crippen molar-refractivity contribution in [2.24, 2.45) is 5.18 Å². The molecule has 0 fully saturated rings. The first-order valence-electron chi connectivity index (χ1n) is 2.28. The molecule has 0 radical (unpaired) electrons. The Bertz CT molecular complexity index is 47.0. The molecular formula is C4H9NO2. The van der Waals surface area contributed by atoms with Crippen LogP contribution in [0.4, 0.5) is 0 Å². The molecule has 0 spiro atoms. The van der Waals surface area contributed by atoms with Crippen LogP contribution in [0.5, 0.6) is 0 Å². The highest BCUT2D eigenvalue weighted by Gasteiger charge is 1.78. The SMILES string of the molecule is CCOCCN=O. The molecule has 42 valence electrons. The quantitative estimate of drug-likeness (QED) is 0.389. The first kappa shape index (κ1) is 6.56. The molecule has 0 unspecified atom stereocenters. The Labute approximate surface area is 42.6 Å². The molecule has 0 bridgehead atoms. The zero-order chi connectivity index (χ0) is 5.54. The van der Waals surface area contributed by atoms with Crippen LogP contribution in [0.3, 0.4) is 0 Å². The van der Waals surface area contributed by atoms with Crippen LogP contribution in [0.1, 0.15) is 6.92 Å². The Morgan fingerprint density at radius 1 is 1.71 bits per heavy atom. The van der Waals surface area contributed by atoms with E-state index in [4.69, 9.17) is 4.74 Å². The first-order chi connectivity index (χ1) is 3.41. The van der Waals surface area contributed by atoms with Gasteiger partial charge in [0, 0.05) is 6.61 Å². The highest BCUT2D eigenvalue weighted by Crippen LogP contribution is 1.71. The normalized spacial score (nSPS) is 8.71. The van der Waals surface area contributed by atoms with Gasteiger partial charge in [-0.25, -0.2) is 0 Å². The maximum Gasteiger partial charge on any atom is 0.104 e. The van der Waals surface area contributed by atoms with Crippen molar-refractivity contribution in [2.75, 3.05) is 19.8 Å². The number of nitrogens with zero attached hydrogens (tertiary/aromatic N) is 1. The van der Waals surface area contributed by atoms with E-state index in [1.807, 2.05) is 6.92 Å². The van der Waals surface area contributed by atoms with Crippen LogP contribution in [0, 0.1) is 4.91 Å². The Morgan fingerprint density at radius 3 is 2.86 bits per heavy atom. The van der Waals surface area contributed by atoms with E-state index in [1.165, 1.54) is 0 Å². The average molecular weight is 103 g/mol. The summed E-state index contributed by atoms with van der Waals surface area (Å²) in [6, 6.07) is 0. The minimum absolute atomic E-state index is 0.272. The zero-order valence-electron chi connectivity index (χ0n) is 4.39. The molecule has 0 heterocycles. The van der Waals surface area contributed by atoms with Gasteiger partial charge < -0.3 is 4.74 Å². The van der Waals surface area contributed by atoms with Crippen molar-refractivity contribution in [1.29, 1.82) is 0 Å². The molecule has 0 N–H and O–H groups in total. The lowest BCUT2D eigenvalue weighted by Gasteiger charge is -1.90. The first-order valence-corrected chi connectivity index (χ1v) is 2.28. The molecule has 7 heavy (non-hydrogen) atoms. The summed E-state index contributed by atoms with van der Waals surface area (Å²) < 4.78 is 4.78. The van der Waals surface area contributed by atoms with Crippen molar-refractivity contribution >= 4 is 0 Å². The molecule has 0 aliphatic carbocycles. The molecule has 0 rings (SSSR count). The molecule has 0 aromatic heterocycles. The second-order valence-electron chi connectivity index (χ2n) is 1.05. The summed E-state index contributed by atoms with van der Waals surface area (Å²) in [5.74, 6) is 0. The van der Waals surface area contributed by atoms with E-state index in [-0.39, 0.29) is 6.54 Å². The van der Waals surface area contributed by atoms with Crippen LogP contribution >= 0.6 is 0 Å². The maximum absolute atomic E-state index is 9.35. The third-order valence-corrected chi connectivity index (χ3v) is 0.531. The van der Waals surface area contributed by atoms with E-state index in [2.05, 4.69) is 5.18 Å². The third kappa shape index (κ3) is 5.56. The van der Waals surface area contributed by atoms with E-state index in [1.54, 1.807) is 0 Å². The fourth-order valence-corrected chi connectivity index (χ4v) is 0.246. The Kier molecular flexibility index (Phi) is 5.21. The number of rotatable bonds is 4. The largest absolute Gasteiger partial charge is 0.380 e. The minimum Gasteiger partial charge on any atom is -0.380 e. The second kappa shape index (κ2) is 5.56. The fourth-order valence-electron chi connectivity index (χ4n) is 0.246. The molecule has 3 heteroatoms. The second-order valence-corrected chi connectivity index (χ2v) is 1.05. The van der Waals surface area contributed by atoms with Gasteiger partial charge in [0.1, 0.15) is 6.54 Å². The number of hydrogen-bond acceptors (Lipinski definition) is 3. The van der Waals surface area contributed by atoms with Crippen molar-refractivity contribution in [3.63, 3.8) is 0 Å². The van der Waals surface area contributed by atoms with Gasteiger partial charge >= 0.3 is 0 Å². The van der Waals surface area contributed by atoms with Crippen molar-refractivity contribution in [3.05, 3.63) is 4.91 Å². The van der Waals surface area contributed by atoms with E-state index >= 15 is 0 Å². The summed E-state index contributed by atoms with van der Waals surface area (Å²) in [5, 5.41) is 2.60. The monoisotopic (exact) mass is 103 g/mol. The summed E-state index contributed by atoms with van der Waals surface area (Å²) in [6.45, 7) is 3.27. The van der Waals surface area contributed by atoms with Crippen LogP contribution in [0.25, 0.3) is 0 Å². The van der Waals surface area contributed by atoms with Crippen molar-refractivity contribution in [3.8, 4) is 0 Å². The van der Waals surface area contributed by atoms with Crippen LogP contribution in [0.15, 0.2) is 5.18 Å². The van der Waals surface area contributed by atoms with Crippen molar-refractivity contribution < 1.29 is 4.74 Å². The Morgan fingerprint density at radius 2 is 2.43 bits per heavy atom. The summed E-state index contributed by atoms with van der Waals surface area (Å²) in [5.41, 5.74) is 0. The topological polar surface area (TPSA) is 38.7 Å². The van der Waals surface area contributed by atoms with Crippen molar-refractivity contribution in [1.82, 2.24) is 0 Å². The summed E-state index contributed by atoms with van der Waals surface area (Å²) >= 11 is 0. The van der Waals surface area contributed by atoms with Crippen molar-refractivity contribution in [2.45, 2.75) is 6.92 Å². The molecule has 0 atom stereocenters. The molecule has 0 aromatic rings. The third-order valence-electron chi connectivity index (χ3n) is 0.531. The number of ether oxygens (including phenoxy) is 1. The summed E-state index contributed by atoms with van der Waals surface area (Å²) in [6.07, 6.45) is 0. The maximum atomic E-state index is 9.35. The predicted molar refractivity (Wildman–Crippen MR) is 27.2 cm³/mol. The van der Waals surface area contributed by atoms with Gasteiger partial charge in [0.25, 0.3) is 0 Å². The van der Waals surface area contributed by atoms with Crippen LogP contribution in [0.2, 0.25) is 0 Å². The Hall–Kier alpha value is -0.440. The molecule has 0 aliphatic rings. The van der Waals surface area contributed by atoms with Gasteiger partial charge in [0.15, 0.2) is 0 Å². The minimum atomic E-state index is 0.272. The van der Waals surface area contributed by atoms with Gasteiger partial charge in [0.05, 0.1) is 6.61 Å². The molecule has 0 saturated carbocycles. The smallest absolute Gasteiger partial charge is 0.104 e. The van der Waals surface area contributed by atoms with Crippen LogP contribution in [-0.4, -0.2) is 19.8 Å². The fraction of sp³-hybridized carbons (Fsp3) is 1.00. The Balaban J connectivity index is 2.56.